The van der Waals surface area contributed by atoms with E-state index in [0.717, 1.165) is 11.3 Å². The van der Waals surface area contributed by atoms with Crippen LogP contribution in [0.1, 0.15) is 21.6 Å². The van der Waals surface area contributed by atoms with Gasteiger partial charge in [0.15, 0.2) is 5.82 Å². The summed E-state index contributed by atoms with van der Waals surface area (Å²) in [4.78, 5) is 29.7. The summed E-state index contributed by atoms with van der Waals surface area (Å²) in [6.07, 6.45) is 1.42. The Morgan fingerprint density at radius 3 is 2.81 bits per heavy atom. The Labute approximate surface area is 156 Å². The van der Waals surface area contributed by atoms with Gasteiger partial charge in [-0.25, -0.2) is 4.98 Å². The zero-order valence-corrected chi connectivity index (χ0v) is 15.4. The van der Waals surface area contributed by atoms with Crippen LogP contribution in [0, 0.1) is 13.8 Å². The van der Waals surface area contributed by atoms with Crippen LogP contribution in [0.2, 0.25) is 0 Å². The lowest BCUT2D eigenvalue weighted by molar-refractivity contribution is 0.102. The first kappa shape index (κ1) is 18.5. The summed E-state index contributed by atoms with van der Waals surface area (Å²) < 4.78 is 6.61. The summed E-state index contributed by atoms with van der Waals surface area (Å²) in [6.45, 7) is 4.38. The molecule has 0 radical (unpaired) electrons. The first-order valence-corrected chi connectivity index (χ1v) is 8.48. The Bertz CT molecular complexity index is 1010. The number of aromatic nitrogens is 4. The van der Waals surface area contributed by atoms with Crippen molar-refractivity contribution in [2.24, 2.45) is 0 Å². The van der Waals surface area contributed by atoms with Crippen LogP contribution in [0.25, 0.3) is 11.4 Å². The summed E-state index contributed by atoms with van der Waals surface area (Å²) in [7, 11) is 1.57. The van der Waals surface area contributed by atoms with Gasteiger partial charge in [-0.15, -0.1) is 0 Å². The van der Waals surface area contributed by atoms with Crippen molar-refractivity contribution in [3.05, 3.63) is 63.8 Å². The highest BCUT2D eigenvalue weighted by Gasteiger charge is 2.18. The Hall–Kier alpha value is -3.26. The van der Waals surface area contributed by atoms with Crippen molar-refractivity contribution in [1.82, 2.24) is 19.7 Å². The fourth-order valence-corrected chi connectivity index (χ4v) is 2.95. The van der Waals surface area contributed by atoms with E-state index in [0.29, 0.717) is 30.2 Å². The molecule has 2 heterocycles. The number of pyridine rings is 1. The Morgan fingerprint density at radius 1 is 1.30 bits per heavy atom. The summed E-state index contributed by atoms with van der Waals surface area (Å²) in [6, 6.07) is 9.00. The molecule has 27 heavy (non-hydrogen) atoms. The number of benzene rings is 1. The van der Waals surface area contributed by atoms with Crippen LogP contribution >= 0.6 is 0 Å². The topological polar surface area (TPSA) is 102 Å². The highest BCUT2D eigenvalue weighted by Crippen LogP contribution is 2.19. The lowest BCUT2D eigenvalue weighted by Crippen LogP contribution is -2.32. The van der Waals surface area contributed by atoms with Crippen molar-refractivity contribution in [2.45, 2.75) is 20.4 Å². The number of ether oxygens (including phenoxy) is 1. The van der Waals surface area contributed by atoms with Gasteiger partial charge in [-0.3, -0.25) is 14.7 Å². The molecule has 2 N–H and O–H groups in total. The number of hydrogen-bond donors (Lipinski definition) is 2. The number of rotatable bonds is 6. The number of nitrogens with one attached hydrogen (secondary N) is 2. The molecule has 0 saturated heterocycles. The van der Waals surface area contributed by atoms with Crippen LogP contribution < -0.4 is 10.9 Å². The van der Waals surface area contributed by atoms with Crippen molar-refractivity contribution in [2.75, 3.05) is 19.0 Å². The normalized spacial score (nSPS) is 10.8. The molecular weight excluding hydrogens is 346 g/mol. The van der Waals surface area contributed by atoms with Crippen molar-refractivity contribution >= 4 is 11.6 Å². The molecule has 8 heteroatoms. The molecule has 0 aliphatic carbocycles. The van der Waals surface area contributed by atoms with Crippen LogP contribution in [0.4, 0.5) is 5.69 Å². The van der Waals surface area contributed by atoms with E-state index in [2.05, 4.69) is 20.5 Å². The molecule has 3 rings (SSSR count). The molecule has 1 amide bonds. The van der Waals surface area contributed by atoms with E-state index in [1.165, 1.54) is 6.33 Å². The van der Waals surface area contributed by atoms with Crippen LogP contribution in [0.3, 0.4) is 0 Å². The SMILES string of the molecule is COCCn1c(C)cc(C)c(C(=O)Nc2cccc(-c3ncn[nH]3)c2)c1=O. The van der Waals surface area contributed by atoms with Crippen molar-refractivity contribution in [3.63, 3.8) is 0 Å². The van der Waals surface area contributed by atoms with Crippen LogP contribution in [0.5, 0.6) is 0 Å². The van der Waals surface area contributed by atoms with Crippen LogP contribution in [0.15, 0.2) is 41.5 Å². The summed E-state index contributed by atoms with van der Waals surface area (Å²) in [5, 5.41) is 9.40. The van der Waals surface area contributed by atoms with Gasteiger partial charge in [-0.05, 0) is 37.6 Å². The van der Waals surface area contributed by atoms with Crippen molar-refractivity contribution in [1.29, 1.82) is 0 Å². The van der Waals surface area contributed by atoms with Crippen LogP contribution in [-0.2, 0) is 11.3 Å². The monoisotopic (exact) mass is 367 g/mol. The largest absolute Gasteiger partial charge is 0.383 e. The van der Waals surface area contributed by atoms with Gasteiger partial charge in [0.25, 0.3) is 11.5 Å². The molecule has 0 aliphatic rings. The molecule has 0 atom stereocenters. The lowest BCUT2D eigenvalue weighted by atomic mass is 10.1. The molecule has 0 unspecified atom stereocenters. The second-order valence-electron chi connectivity index (χ2n) is 6.16. The smallest absolute Gasteiger partial charge is 0.263 e. The maximum absolute atomic E-state index is 12.8. The standard InChI is InChI=1S/C19H21N5O3/c1-12-9-13(2)24(7-8-27-3)19(26)16(12)18(25)22-15-6-4-5-14(10-15)17-20-11-21-23-17/h4-6,9-11H,7-8H2,1-3H3,(H,22,25)(H,20,21,23). The highest BCUT2D eigenvalue weighted by atomic mass is 16.5. The van der Waals surface area contributed by atoms with E-state index in [-0.39, 0.29) is 11.1 Å². The van der Waals surface area contributed by atoms with Gasteiger partial charge in [0.1, 0.15) is 11.9 Å². The highest BCUT2D eigenvalue weighted by molar-refractivity contribution is 6.05. The zero-order valence-electron chi connectivity index (χ0n) is 15.4. The Morgan fingerprint density at radius 2 is 2.11 bits per heavy atom. The molecule has 0 fully saturated rings. The van der Waals surface area contributed by atoms with Gasteiger partial charge in [0, 0.05) is 30.6 Å². The molecule has 8 nitrogen and oxygen atoms in total. The van der Waals surface area contributed by atoms with E-state index in [1.54, 1.807) is 36.8 Å². The Kier molecular flexibility index (Phi) is 5.46. The van der Waals surface area contributed by atoms with Gasteiger partial charge in [0.05, 0.1) is 6.61 Å². The number of aromatic amines is 1. The molecule has 0 saturated carbocycles. The molecule has 0 aliphatic heterocycles. The first-order chi connectivity index (χ1) is 13.0. The average molecular weight is 367 g/mol. The molecule has 0 spiro atoms. The molecule has 140 valence electrons. The maximum Gasteiger partial charge on any atom is 0.263 e. The van der Waals surface area contributed by atoms with Gasteiger partial charge in [0.2, 0.25) is 0 Å². The van der Waals surface area contributed by atoms with Gasteiger partial charge < -0.3 is 14.6 Å². The van der Waals surface area contributed by atoms with Gasteiger partial charge >= 0.3 is 0 Å². The number of carbonyl (C=O) groups is 1. The minimum atomic E-state index is -0.446. The quantitative estimate of drug-likeness (QED) is 0.695. The fourth-order valence-electron chi connectivity index (χ4n) is 2.95. The first-order valence-electron chi connectivity index (χ1n) is 8.48. The van der Waals surface area contributed by atoms with E-state index in [9.17, 15) is 9.59 Å². The molecular formula is C19H21N5O3. The Balaban J connectivity index is 1.91. The molecule has 0 bridgehead atoms. The minimum absolute atomic E-state index is 0.127. The second kappa shape index (κ2) is 7.96. The third-order valence-electron chi connectivity index (χ3n) is 4.26. The van der Waals surface area contributed by atoms with E-state index >= 15 is 0 Å². The number of hydrogen-bond acceptors (Lipinski definition) is 5. The third-order valence-corrected chi connectivity index (χ3v) is 4.26. The fraction of sp³-hybridized carbons (Fsp3) is 0.263. The molecule has 1 aromatic carbocycles. The predicted octanol–water partition coefficient (Wildman–Crippen LogP) is 2.15. The minimum Gasteiger partial charge on any atom is -0.383 e. The van der Waals surface area contributed by atoms with Gasteiger partial charge in [-0.2, -0.15) is 5.10 Å². The van der Waals surface area contributed by atoms with Crippen molar-refractivity contribution < 1.29 is 9.53 Å². The number of aryl methyl sites for hydroxylation is 2. The number of methoxy groups -OCH3 is 1. The second-order valence-corrected chi connectivity index (χ2v) is 6.16. The number of amides is 1. The molecule has 2 aromatic heterocycles. The average Bonchev–Trinajstić information content (AvgIpc) is 3.16. The lowest BCUT2D eigenvalue weighted by Gasteiger charge is -2.14. The van der Waals surface area contributed by atoms with Gasteiger partial charge in [-0.1, -0.05) is 12.1 Å². The third kappa shape index (κ3) is 3.95. The number of anilines is 1. The zero-order chi connectivity index (χ0) is 19.4. The van der Waals surface area contributed by atoms with E-state index in [4.69, 9.17) is 4.74 Å². The number of carbonyl (C=O) groups excluding carboxylic acids is 1. The molecule has 3 aromatic rings. The maximum atomic E-state index is 12.8. The summed E-state index contributed by atoms with van der Waals surface area (Å²) in [5.74, 6) is 0.151. The van der Waals surface area contributed by atoms with E-state index < -0.39 is 5.91 Å². The predicted molar refractivity (Wildman–Crippen MR) is 102 cm³/mol. The van der Waals surface area contributed by atoms with Crippen molar-refractivity contribution in [3.8, 4) is 11.4 Å². The summed E-state index contributed by atoms with van der Waals surface area (Å²) in [5.41, 5.74) is 2.57. The van der Waals surface area contributed by atoms with E-state index in [1.807, 2.05) is 19.1 Å². The van der Waals surface area contributed by atoms with Crippen LogP contribution in [-0.4, -0.2) is 39.4 Å². The number of nitrogens with zero attached hydrogens (tertiary/aromatic N) is 3. The summed E-state index contributed by atoms with van der Waals surface area (Å²) >= 11 is 0. The number of H-pyrrole nitrogens is 1.